The van der Waals surface area contributed by atoms with E-state index in [2.05, 4.69) is 20.9 Å². The lowest BCUT2D eigenvalue weighted by molar-refractivity contribution is 0.416. The molecule has 0 aliphatic heterocycles. The number of nitrogens with zero attached hydrogens (tertiary/aromatic N) is 3. The topological polar surface area (TPSA) is 73.9 Å². The molecule has 0 saturated heterocycles. The SMILES string of the molecule is C#Cc1ccc(OC)c(-c2nc3c(N)ncnc3s2)c1. The summed E-state index contributed by atoms with van der Waals surface area (Å²) in [5.74, 6) is 3.67. The van der Waals surface area contributed by atoms with Crippen LogP contribution in [0, 0.1) is 12.3 Å². The number of nitrogen functional groups attached to an aromatic ring is 1. The number of hydrogen-bond acceptors (Lipinski definition) is 6. The number of nitrogens with two attached hydrogens (primary N) is 1. The van der Waals surface area contributed by atoms with Crippen molar-refractivity contribution in [3.8, 4) is 28.7 Å². The van der Waals surface area contributed by atoms with E-state index in [1.54, 1.807) is 7.11 Å². The predicted octanol–water partition coefficient (Wildman–Crippen LogP) is 2.33. The lowest BCUT2D eigenvalue weighted by atomic mass is 10.1. The van der Waals surface area contributed by atoms with Gasteiger partial charge in [0.05, 0.1) is 12.7 Å². The molecule has 0 saturated carbocycles. The zero-order valence-corrected chi connectivity index (χ0v) is 11.4. The van der Waals surface area contributed by atoms with Crippen molar-refractivity contribution in [3.63, 3.8) is 0 Å². The Morgan fingerprint density at radius 1 is 1.35 bits per heavy atom. The third-order valence-electron chi connectivity index (χ3n) is 2.82. The maximum atomic E-state index is 5.80. The predicted molar refractivity (Wildman–Crippen MR) is 79.5 cm³/mol. The van der Waals surface area contributed by atoms with Gasteiger partial charge in [-0.05, 0) is 18.2 Å². The molecule has 20 heavy (non-hydrogen) atoms. The van der Waals surface area contributed by atoms with Gasteiger partial charge >= 0.3 is 0 Å². The van der Waals surface area contributed by atoms with E-state index in [9.17, 15) is 0 Å². The van der Waals surface area contributed by atoms with Gasteiger partial charge < -0.3 is 10.5 Å². The van der Waals surface area contributed by atoms with Gasteiger partial charge in [0.25, 0.3) is 0 Å². The molecule has 0 bridgehead atoms. The maximum absolute atomic E-state index is 5.80. The highest BCUT2D eigenvalue weighted by Crippen LogP contribution is 2.36. The van der Waals surface area contributed by atoms with Crippen molar-refractivity contribution in [1.82, 2.24) is 15.0 Å². The number of thiazole rings is 1. The molecule has 6 heteroatoms. The minimum Gasteiger partial charge on any atom is -0.496 e. The van der Waals surface area contributed by atoms with Gasteiger partial charge in [0.2, 0.25) is 0 Å². The molecule has 0 radical (unpaired) electrons. The van der Waals surface area contributed by atoms with Crippen LogP contribution in [0.15, 0.2) is 24.5 Å². The Balaban J connectivity index is 2.25. The number of methoxy groups -OCH3 is 1. The van der Waals surface area contributed by atoms with Crippen LogP contribution in [-0.4, -0.2) is 22.1 Å². The maximum Gasteiger partial charge on any atom is 0.154 e. The Kier molecular flexibility index (Phi) is 2.97. The summed E-state index contributed by atoms with van der Waals surface area (Å²) in [6.45, 7) is 0. The summed E-state index contributed by atoms with van der Waals surface area (Å²) in [4.78, 5) is 13.3. The molecule has 98 valence electrons. The van der Waals surface area contributed by atoms with Crippen molar-refractivity contribution in [2.24, 2.45) is 0 Å². The molecule has 0 atom stereocenters. The highest BCUT2D eigenvalue weighted by Gasteiger charge is 2.14. The number of anilines is 1. The van der Waals surface area contributed by atoms with Gasteiger partial charge in [-0.25, -0.2) is 15.0 Å². The van der Waals surface area contributed by atoms with Crippen molar-refractivity contribution in [1.29, 1.82) is 0 Å². The number of aromatic nitrogens is 3. The van der Waals surface area contributed by atoms with Crippen molar-refractivity contribution in [2.45, 2.75) is 0 Å². The summed E-state index contributed by atoms with van der Waals surface area (Å²) >= 11 is 1.42. The van der Waals surface area contributed by atoms with Crippen LogP contribution in [0.1, 0.15) is 5.56 Å². The van der Waals surface area contributed by atoms with E-state index < -0.39 is 0 Å². The third kappa shape index (κ3) is 1.94. The molecule has 2 aromatic heterocycles. The Bertz CT molecular complexity index is 835. The lowest BCUT2D eigenvalue weighted by Crippen LogP contribution is -1.92. The van der Waals surface area contributed by atoms with Crippen LogP contribution < -0.4 is 10.5 Å². The quantitative estimate of drug-likeness (QED) is 0.730. The molecule has 3 rings (SSSR count). The van der Waals surface area contributed by atoms with E-state index in [1.807, 2.05) is 18.2 Å². The van der Waals surface area contributed by atoms with E-state index in [-0.39, 0.29) is 0 Å². The first-order valence-corrected chi connectivity index (χ1v) is 6.56. The second-order valence-electron chi connectivity index (χ2n) is 3.99. The highest BCUT2D eigenvalue weighted by atomic mass is 32.1. The zero-order valence-electron chi connectivity index (χ0n) is 10.6. The molecule has 2 heterocycles. The van der Waals surface area contributed by atoms with Crippen LogP contribution in [0.25, 0.3) is 20.9 Å². The zero-order chi connectivity index (χ0) is 14.1. The fourth-order valence-corrected chi connectivity index (χ4v) is 2.79. The number of fused-ring (bicyclic) bond motifs is 1. The van der Waals surface area contributed by atoms with E-state index in [0.717, 1.165) is 21.0 Å². The van der Waals surface area contributed by atoms with Crippen molar-refractivity contribution in [2.75, 3.05) is 12.8 Å². The normalized spacial score (nSPS) is 10.4. The van der Waals surface area contributed by atoms with Crippen molar-refractivity contribution < 1.29 is 4.74 Å². The minimum absolute atomic E-state index is 0.365. The monoisotopic (exact) mass is 282 g/mol. The first kappa shape index (κ1) is 12.4. The van der Waals surface area contributed by atoms with Gasteiger partial charge in [-0.15, -0.1) is 6.42 Å². The van der Waals surface area contributed by atoms with Gasteiger partial charge in [0.1, 0.15) is 27.4 Å². The molecule has 2 N–H and O–H groups in total. The Labute approximate surface area is 119 Å². The third-order valence-corrected chi connectivity index (χ3v) is 3.82. The van der Waals surface area contributed by atoms with Crippen LogP contribution in [0.2, 0.25) is 0 Å². The number of rotatable bonds is 2. The molecule has 0 amide bonds. The number of benzene rings is 1. The molecule has 1 aromatic carbocycles. The fourth-order valence-electron chi connectivity index (χ4n) is 1.85. The van der Waals surface area contributed by atoms with Gasteiger partial charge in [-0.1, -0.05) is 17.3 Å². The summed E-state index contributed by atoms with van der Waals surface area (Å²) in [7, 11) is 1.61. The highest BCUT2D eigenvalue weighted by molar-refractivity contribution is 7.21. The van der Waals surface area contributed by atoms with E-state index in [0.29, 0.717) is 17.1 Å². The average molecular weight is 282 g/mol. The minimum atomic E-state index is 0.365. The van der Waals surface area contributed by atoms with Gasteiger partial charge in [0, 0.05) is 5.56 Å². The number of terminal acetylenes is 1. The molecule has 3 aromatic rings. The molecular formula is C14H10N4OS. The first-order chi connectivity index (χ1) is 9.72. The Morgan fingerprint density at radius 2 is 2.20 bits per heavy atom. The summed E-state index contributed by atoms with van der Waals surface area (Å²) in [6.07, 6.45) is 6.86. The van der Waals surface area contributed by atoms with E-state index in [1.165, 1.54) is 17.7 Å². The molecule has 0 unspecified atom stereocenters. The van der Waals surface area contributed by atoms with Crippen LogP contribution >= 0.6 is 11.3 Å². The largest absolute Gasteiger partial charge is 0.496 e. The van der Waals surface area contributed by atoms with Gasteiger partial charge in [-0.3, -0.25) is 0 Å². The van der Waals surface area contributed by atoms with Crippen LogP contribution in [0.4, 0.5) is 5.82 Å². The molecule has 0 fully saturated rings. The summed E-state index contributed by atoms with van der Waals surface area (Å²) in [6, 6.07) is 5.51. The molecule has 0 aliphatic rings. The summed E-state index contributed by atoms with van der Waals surface area (Å²) in [5.41, 5.74) is 7.99. The Hall–Kier alpha value is -2.65. The van der Waals surface area contributed by atoms with Crippen LogP contribution in [0.3, 0.4) is 0 Å². The van der Waals surface area contributed by atoms with Crippen molar-refractivity contribution >= 4 is 27.5 Å². The van der Waals surface area contributed by atoms with E-state index >= 15 is 0 Å². The second-order valence-corrected chi connectivity index (χ2v) is 4.97. The van der Waals surface area contributed by atoms with Gasteiger partial charge in [-0.2, -0.15) is 0 Å². The number of hydrogen-bond donors (Lipinski definition) is 1. The molecule has 0 spiro atoms. The summed E-state index contributed by atoms with van der Waals surface area (Å²) in [5, 5.41) is 0.751. The molecular weight excluding hydrogens is 272 g/mol. The first-order valence-electron chi connectivity index (χ1n) is 5.75. The lowest BCUT2D eigenvalue weighted by Gasteiger charge is -2.06. The fraction of sp³-hybridized carbons (Fsp3) is 0.0714. The average Bonchev–Trinajstić information content (AvgIpc) is 2.92. The van der Waals surface area contributed by atoms with Crippen molar-refractivity contribution in [3.05, 3.63) is 30.1 Å². The molecule has 0 aliphatic carbocycles. The molecule has 5 nitrogen and oxygen atoms in total. The Morgan fingerprint density at radius 3 is 2.90 bits per heavy atom. The number of ether oxygens (including phenoxy) is 1. The standard InChI is InChI=1S/C14H10N4OS/c1-3-8-4-5-10(19-2)9(6-8)13-18-11-12(15)16-7-17-14(11)20-13/h1,4-7H,2H3,(H2,15,16,17). The van der Waals surface area contributed by atoms with Crippen LogP contribution in [-0.2, 0) is 0 Å². The van der Waals surface area contributed by atoms with Crippen LogP contribution in [0.5, 0.6) is 5.75 Å². The smallest absolute Gasteiger partial charge is 0.154 e. The van der Waals surface area contributed by atoms with E-state index in [4.69, 9.17) is 16.9 Å². The summed E-state index contributed by atoms with van der Waals surface area (Å²) < 4.78 is 5.36. The van der Waals surface area contributed by atoms with Gasteiger partial charge in [0.15, 0.2) is 5.82 Å². The second kappa shape index (κ2) is 4.79.